The molecule has 2 heterocycles. The number of aliphatic hydroxyl groups excluding tert-OH is 1. The van der Waals surface area contributed by atoms with Crippen LogP contribution in [0, 0.1) is 6.92 Å². The summed E-state index contributed by atoms with van der Waals surface area (Å²) in [5, 5.41) is 13.6. The predicted molar refractivity (Wildman–Crippen MR) is 110 cm³/mol. The molecule has 1 aromatic carbocycles. The van der Waals surface area contributed by atoms with Crippen molar-refractivity contribution in [1.82, 2.24) is 18.7 Å². The number of aryl methyl sites for hydroxylation is 2. The second-order valence-electron chi connectivity index (χ2n) is 6.87. The van der Waals surface area contributed by atoms with Gasteiger partial charge in [-0.3, -0.25) is 13.9 Å². The van der Waals surface area contributed by atoms with Crippen LogP contribution in [0.1, 0.15) is 5.56 Å². The second kappa shape index (κ2) is 8.50. The van der Waals surface area contributed by atoms with E-state index in [1.165, 1.54) is 11.6 Å². The van der Waals surface area contributed by atoms with Gasteiger partial charge >= 0.3 is 5.69 Å². The number of nitrogens with one attached hydrogen (secondary N) is 1. The highest BCUT2D eigenvalue weighted by Crippen LogP contribution is 2.18. The Morgan fingerprint density at radius 2 is 1.97 bits per heavy atom. The quantitative estimate of drug-likeness (QED) is 0.465. The third kappa shape index (κ3) is 4.03. The number of aromatic nitrogens is 4. The Morgan fingerprint density at radius 3 is 2.66 bits per heavy atom. The van der Waals surface area contributed by atoms with Gasteiger partial charge in [0.15, 0.2) is 11.2 Å². The molecule has 0 aliphatic rings. The summed E-state index contributed by atoms with van der Waals surface area (Å²) in [5.74, 6) is 1.04. The highest BCUT2D eigenvalue weighted by atomic mass is 16.5. The molecular weight excluding hydrogens is 376 g/mol. The van der Waals surface area contributed by atoms with Crippen molar-refractivity contribution in [3.8, 4) is 5.75 Å². The highest BCUT2D eigenvalue weighted by molar-refractivity contribution is 5.74. The average molecular weight is 402 g/mol. The summed E-state index contributed by atoms with van der Waals surface area (Å²) < 4.78 is 9.60. The fourth-order valence-electron chi connectivity index (χ4n) is 3.11. The number of nitrogens with two attached hydrogens (primary N) is 1. The van der Waals surface area contributed by atoms with Crippen LogP contribution in [0.4, 0.5) is 5.95 Å². The molecule has 10 heteroatoms. The third-order valence-corrected chi connectivity index (χ3v) is 4.69. The molecular formula is C19H26N6O4. The first-order valence-electron chi connectivity index (χ1n) is 9.31. The number of para-hydroxylation sites is 1. The molecule has 3 aromatic rings. The van der Waals surface area contributed by atoms with Crippen LogP contribution in [0.25, 0.3) is 11.2 Å². The van der Waals surface area contributed by atoms with Crippen molar-refractivity contribution in [2.24, 2.45) is 19.8 Å². The summed E-state index contributed by atoms with van der Waals surface area (Å²) in [6.45, 7) is 2.80. The average Bonchev–Trinajstić information content (AvgIpc) is 3.06. The van der Waals surface area contributed by atoms with Gasteiger partial charge in [0.2, 0.25) is 5.95 Å². The van der Waals surface area contributed by atoms with Gasteiger partial charge in [-0.15, -0.1) is 0 Å². The van der Waals surface area contributed by atoms with Crippen LogP contribution in [-0.2, 0) is 20.6 Å². The van der Waals surface area contributed by atoms with Crippen molar-refractivity contribution < 1.29 is 9.84 Å². The Bertz CT molecular complexity index is 1130. The zero-order chi connectivity index (χ0) is 21.1. The molecule has 156 valence electrons. The van der Waals surface area contributed by atoms with Crippen LogP contribution in [0.5, 0.6) is 5.75 Å². The lowest BCUT2D eigenvalue weighted by Crippen LogP contribution is -2.38. The lowest BCUT2D eigenvalue weighted by Gasteiger charge is -2.16. The number of imidazole rings is 1. The van der Waals surface area contributed by atoms with Crippen molar-refractivity contribution in [1.29, 1.82) is 0 Å². The van der Waals surface area contributed by atoms with Crippen LogP contribution in [0.2, 0.25) is 0 Å². The molecule has 1 atom stereocenters. The molecule has 0 aliphatic heterocycles. The SMILES string of the molecule is Cc1ccccc1OCC(O)Cn1c(NCCN)nc2c1c(=O)n(C)c(=O)n2C. The first kappa shape index (κ1) is 20.6. The number of aliphatic hydroxyl groups is 1. The molecule has 0 saturated heterocycles. The van der Waals surface area contributed by atoms with Crippen molar-refractivity contribution in [3.05, 3.63) is 50.7 Å². The van der Waals surface area contributed by atoms with Gasteiger partial charge in [-0.1, -0.05) is 18.2 Å². The zero-order valence-electron chi connectivity index (χ0n) is 16.8. The van der Waals surface area contributed by atoms with Crippen molar-refractivity contribution in [2.75, 3.05) is 25.0 Å². The maximum atomic E-state index is 12.7. The lowest BCUT2D eigenvalue weighted by molar-refractivity contribution is 0.0935. The van der Waals surface area contributed by atoms with E-state index in [-0.39, 0.29) is 24.3 Å². The largest absolute Gasteiger partial charge is 0.491 e. The monoisotopic (exact) mass is 402 g/mol. The molecule has 0 aliphatic carbocycles. The standard InChI is InChI=1S/C19H26N6O4/c1-12-6-4-5-7-14(12)29-11-13(26)10-25-15-16(22-18(25)21-9-8-20)23(2)19(28)24(3)17(15)27/h4-7,13,26H,8-11,20H2,1-3H3,(H,21,22). The fourth-order valence-corrected chi connectivity index (χ4v) is 3.11. The minimum Gasteiger partial charge on any atom is -0.491 e. The van der Waals surface area contributed by atoms with Crippen molar-refractivity contribution in [3.63, 3.8) is 0 Å². The van der Waals surface area contributed by atoms with E-state index in [1.807, 2.05) is 31.2 Å². The second-order valence-corrected chi connectivity index (χ2v) is 6.87. The smallest absolute Gasteiger partial charge is 0.332 e. The van der Waals surface area contributed by atoms with Gasteiger partial charge in [-0.05, 0) is 18.6 Å². The summed E-state index contributed by atoms with van der Waals surface area (Å²) in [7, 11) is 2.96. The van der Waals surface area contributed by atoms with E-state index in [1.54, 1.807) is 11.6 Å². The Hall–Kier alpha value is -3.11. The highest BCUT2D eigenvalue weighted by Gasteiger charge is 2.21. The molecule has 0 amide bonds. The Morgan fingerprint density at radius 1 is 1.24 bits per heavy atom. The number of hydrogen-bond acceptors (Lipinski definition) is 7. The fraction of sp³-hybridized carbons (Fsp3) is 0.421. The van der Waals surface area contributed by atoms with E-state index in [9.17, 15) is 14.7 Å². The molecule has 0 fully saturated rings. The van der Waals surface area contributed by atoms with Crippen LogP contribution in [0.3, 0.4) is 0 Å². The van der Waals surface area contributed by atoms with Crippen LogP contribution < -0.4 is 27.0 Å². The number of hydrogen-bond donors (Lipinski definition) is 3. The number of nitrogens with zero attached hydrogens (tertiary/aromatic N) is 4. The van der Waals surface area contributed by atoms with E-state index in [0.717, 1.165) is 10.1 Å². The number of benzene rings is 1. The normalized spacial score (nSPS) is 12.3. The molecule has 0 spiro atoms. The van der Waals surface area contributed by atoms with Gasteiger partial charge < -0.3 is 25.5 Å². The van der Waals surface area contributed by atoms with E-state index in [0.29, 0.717) is 24.8 Å². The van der Waals surface area contributed by atoms with Gasteiger partial charge in [0.25, 0.3) is 5.56 Å². The van der Waals surface area contributed by atoms with Gasteiger partial charge in [0.1, 0.15) is 18.5 Å². The number of fused-ring (bicyclic) bond motifs is 1. The minimum absolute atomic E-state index is 0.0347. The van der Waals surface area contributed by atoms with Gasteiger partial charge in [0, 0.05) is 27.2 Å². The van der Waals surface area contributed by atoms with E-state index in [4.69, 9.17) is 10.5 Å². The molecule has 4 N–H and O–H groups in total. The summed E-state index contributed by atoms with van der Waals surface area (Å²) >= 11 is 0. The summed E-state index contributed by atoms with van der Waals surface area (Å²) in [5.41, 5.74) is 6.04. The molecule has 29 heavy (non-hydrogen) atoms. The molecule has 3 rings (SSSR count). The van der Waals surface area contributed by atoms with Crippen LogP contribution in [0.15, 0.2) is 33.9 Å². The summed E-state index contributed by atoms with van der Waals surface area (Å²) in [4.78, 5) is 29.3. The maximum absolute atomic E-state index is 12.7. The molecule has 1 unspecified atom stereocenters. The van der Waals surface area contributed by atoms with Gasteiger partial charge in [-0.2, -0.15) is 4.98 Å². The number of anilines is 1. The van der Waals surface area contributed by atoms with Crippen molar-refractivity contribution >= 4 is 17.1 Å². The lowest BCUT2D eigenvalue weighted by atomic mass is 10.2. The zero-order valence-corrected chi connectivity index (χ0v) is 16.8. The topological polar surface area (TPSA) is 129 Å². The van der Waals surface area contributed by atoms with Gasteiger partial charge in [0.05, 0.1) is 6.54 Å². The molecule has 10 nitrogen and oxygen atoms in total. The maximum Gasteiger partial charge on any atom is 0.332 e. The van der Waals surface area contributed by atoms with Crippen LogP contribution in [-0.4, -0.2) is 49.6 Å². The number of ether oxygens (including phenoxy) is 1. The third-order valence-electron chi connectivity index (χ3n) is 4.69. The molecule has 0 bridgehead atoms. The molecule has 0 radical (unpaired) electrons. The van der Waals surface area contributed by atoms with Crippen LogP contribution >= 0.6 is 0 Å². The predicted octanol–water partition coefficient (Wildman–Crippen LogP) is -0.447. The summed E-state index contributed by atoms with van der Waals surface area (Å²) in [6, 6.07) is 7.52. The summed E-state index contributed by atoms with van der Waals surface area (Å²) in [6.07, 6.45) is -0.910. The van der Waals surface area contributed by atoms with E-state index in [2.05, 4.69) is 10.3 Å². The van der Waals surface area contributed by atoms with E-state index >= 15 is 0 Å². The minimum atomic E-state index is -0.910. The van der Waals surface area contributed by atoms with Crippen molar-refractivity contribution in [2.45, 2.75) is 19.6 Å². The Balaban J connectivity index is 1.95. The van der Waals surface area contributed by atoms with Gasteiger partial charge in [-0.25, -0.2) is 4.79 Å². The van der Waals surface area contributed by atoms with E-state index < -0.39 is 17.4 Å². The first-order chi connectivity index (χ1) is 13.8. The Kier molecular flexibility index (Phi) is 6.04. The first-order valence-corrected chi connectivity index (χ1v) is 9.31. The molecule has 0 saturated carbocycles. The Labute approximate surface area is 167 Å². The number of rotatable bonds is 8. The molecule has 2 aromatic heterocycles.